The van der Waals surface area contributed by atoms with Crippen LogP contribution in [0.25, 0.3) is 0 Å². The fourth-order valence-corrected chi connectivity index (χ4v) is 12.8. The molecule has 0 bridgehead atoms. The number of rotatable bonds is 34. The van der Waals surface area contributed by atoms with Gasteiger partial charge in [-0.25, -0.2) is 0 Å². The third kappa shape index (κ3) is 19.8. The molecule has 3 rings (SSSR count). The Morgan fingerprint density at radius 2 is 0.581 bits per heavy atom. The average Bonchev–Trinajstić information content (AvgIpc) is 3.92. The second-order valence-corrected chi connectivity index (χ2v) is 21.1. The number of hydrogen-bond acceptors (Lipinski definition) is 12. The molecule has 0 saturated heterocycles. The number of hydrogen-bond donors (Lipinski definition) is 0. The number of nitriles is 4. The second-order valence-electron chi connectivity index (χ2n) is 16.5. The molecule has 1 aromatic carbocycles. The van der Waals surface area contributed by atoms with Crippen molar-refractivity contribution in [2.45, 2.75) is 239 Å². The van der Waals surface area contributed by atoms with E-state index in [2.05, 4.69) is 13.8 Å². The minimum absolute atomic E-state index is 0.0846. The average molecular weight is 919 g/mol. The number of nitrogens with zero attached hydrogens (tertiary/aromatic N) is 4. The molecule has 12 heteroatoms. The zero-order valence-corrected chi connectivity index (χ0v) is 40.9. The van der Waals surface area contributed by atoms with Crippen molar-refractivity contribution >= 4 is 59.0 Å². The molecule has 2 aliphatic heterocycles. The van der Waals surface area contributed by atoms with Crippen molar-refractivity contribution in [2.75, 3.05) is 0 Å². The van der Waals surface area contributed by atoms with Crippen LogP contribution >= 0.6 is 47.0 Å². The summed E-state index contributed by atoms with van der Waals surface area (Å²) in [5, 5.41) is 38.9. The highest BCUT2D eigenvalue weighted by atomic mass is 32.2. The van der Waals surface area contributed by atoms with E-state index in [1.165, 1.54) is 141 Å². The maximum atomic E-state index is 13.4. The first-order valence-corrected chi connectivity index (χ1v) is 27.1. The molecule has 62 heavy (non-hydrogen) atoms. The van der Waals surface area contributed by atoms with E-state index >= 15 is 0 Å². The topological polar surface area (TPSA) is 148 Å². The molecule has 0 aromatic heterocycles. The monoisotopic (exact) mass is 918 g/mol. The Morgan fingerprint density at radius 3 is 0.790 bits per heavy atom. The van der Waals surface area contributed by atoms with E-state index < -0.39 is 11.9 Å². The Bertz CT molecular complexity index is 1600. The lowest BCUT2D eigenvalue weighted by atomic mass is 10.0. The van der Waals surface area contributed by atoms with Gasteiger partial charge in [-0.3, -0.25) is 9.59 Å². The predicted molar refractivity (Wildman–Crippen MR) is 257 cm³/mol. The van der Waals surface area contributed by atoms with Crippen molar-refractivity contribution in [3.05, 3.63) is 19.6 Å². The van der Waals surface area contributed by atoms with E-state index in [-0.39, 0.29) is 35.5 Å². The summed E-state index contributed by atoms with van der Waals surface area (Å²) in [5.41, 5.74) is -0.169. The van der Waals surface area contributed by atoms with E-state index in [4.69, 9.17) is 9.47 Å². The molecule has 0 saturated carbocycles. The molecule has 0 spiro atoms. The molecule has 0 atom stereocenters. The fraction of sp³-hybridized carbons (Fsp3) is 0.680. The van der Waals surface area contributed by atoms with E-state index in [9.17, 15) is 30.6 Å². The summed E-state index contributed by atoms with van der Waals surface area (Å²) in [5.74, 6) is -0.327. The molecule has 0 radical (unpaired) electrons. The number of esters is 2. The Hall–Kier alpha value is -3.00. The van der Waals surface area contributed by atoms with E-state index in [1.54, 1.807) is 0 Å². The number of thioether (sulfide) groups is 4. The summed E-state index contributed by atoms with van der Waals surface area (Å²) < 4.78 is 13.0. The molecular formula is C50H70N4O4S4. The SMILES string of the molecule is CCCCCCCCCCCCCCCCCC(=O)Oc1c2c(c(OC(=O)CCCCCCCCCCCCCCCCC)c3c1SC(=C(C#N)C#N)S3)SC(=C(C#N)C#N)S2. The standard InChI is InChI=1S/C50H70N4O4S4/c1-3-5-7-9-11-13-15-17-19-21-23-25-27-29-31-33-41(55)57-43-45-47(61-49(59-45)39(35-51)36-52)44(48-46(43)60-50(62-48)40(37-53)38-54)58-42(56)34-32-30-28-26-24-22-20-18-16-14-12-10-8-6-4-2/h3-34H2,1-2H3. The number of ether oxygens (including phenoxy) is 2. The minimum Gasteiger partial charge on any atom is -0.424 e. The van der Waals surface area contributed by atoms with E-state index in [0.29, 0.717) is 40.9 Å². The van der Waals surface area contributed by atoms with Gasteiger partial charge in [0, 0.05) is 12.8 Å². The lowest BCUT2D eigenvalue weighted by molar-refractivity contribution is -0.136. The van der Waals surface area contributed by atoms with Crippen LogP contribution in [0.4, 0.5) is 0 Å². The van der Waals surface area contributed by atoms with Crippen molar-refractivity contribution in [3.8, 4) is 35.8 Å². The third-order valence-electron chi connectivity index (χ3n) is 11.3. The molecular weight excluding hydrogens is 849 g/mol. The van der Waals surface area contributed by atoms with Gasteiger partial charge >= 0.3 is 11.9 Å². The van der Waals surface area contributed by atoms with E-state index in [1.807, 2.05) is 24.3 Å². The Balaban J connectivity index is 1.56. The van der Waals surface area contributed by atoms with Crippen LogP contribution in [-0.4, -0.2) is 11.9 Å². The summed E-state index contributed by atoms with van der Waals surface area (Å²) in [6.07, 6.45) is 37.2. The summed E-state index contributed by atoms with van der Waals surface area (Å²) in [7, 11) is 0. The van der Waals surface area contributed by atoms with Crippen LogP contribution in [0.1, 0.15) is 219 Å². The van der Waals surface area contributed by atoms with Gasteiger partial charge < -0.3 is 9.47 Å². The van der Waals surface area contributed by atoms with Crippen molar-refractivity contribution in [2.24, 2.45) is 0 Å². The van der Waals surface area contributed by atoms with E-state index in [0.717, 1.165) is 85.6 Å². The molecule has 0 N–H and O–H groups in total. The van der Waals surface area contributed by atoms with Gasteiger partial charge in [0.05, 0.1) is 28.1 Å². The Labute approximate surface area is 391 Å². The largest absolute Gasteiger partial charge is 0.424 e. The Morgan fingerprint density at radius 1 is 0.371 bits per heavy atom. The van der Waals surface area contributed by atoms with Crippen molar-refractivity contribution < 1.29 is 19.1 Å². The third-order valence-corrected chi connectivity index (χ3v) is 16.5. The van der Waals surface area contributed by atoms with Gasteiger partial charge in [-0.2, -0.15) is 21.0 Å². The normalized spacial score (nSPS) is 12.5. The highest BCUT2D eigenvalue weighted by molar-refractivity contribution is 8.26. The second kappa shape index (κ2) is 33.5. The van der Waals surface area contributed by atoms with Crippen molar-refractivity contribution in [3.63, 3.8) is 0 Å². The first-order valence-electron chi connectivity index (χ1n) is 23.9. The molecule has 0 fully saturated rings. The van der Waals surface area contributed by atoms with Gasteiger partial charge in [0.1, 0.15) is 35.4 Å². The number of benzene rings is 1. The van der Waals surface area contributed by atoms with Crippen LogP contribution in [0.15, 0.2) is 39.2 Å². The molecule has 0 amide bonds. The number of allylic oxidation sites excluding steroid dienone is 2. The van der Waals surface area contributed by atoms with Crippen LogP contribution in [-0.2, 0) is 9.59 Å². The number of unbranched alkanes of at least 4 members (excludes halogenated alkanes) is 28. The lowest BCUT2D eigenvalue weighted by Crippen LogP contribution is -2.12. The zero-order valence-electron chi connectivity index (χ0n) is 37.7. The molecule has 338 valence electrons. The summed E-state index contributed by atoms with van der Waals surface area (Å²) in [6.45, 7) is 4.51. The molecule has 0 unspecified atom stereocenters. The number of carbonyl (C=O) groups is 2. The molecule has 1 aromatic rings. The van der Waals surface area contributed by atoms with Crippen LogP contribution in [0.2, 0.25) is 0 Å². The quantitative estimate of drug-likeness (QED) is 0.0280. The van der Waals surface area contributed by atoms with Gasteiger partial charge in [0.2, 0.25) is 0 Å². The zero-order chi connectivity index (χ0) is 44.6. The molecule has 8 nitrogen and oxygen atoms in total. The smallest absolute Gasteiger partial charge is 0.311 e. The maximum absolute atomic E-state index is 13.4. The van der Waals surface area contributed by atoms with Gasteiger partial charge in [-0.1, -0.05) is 241 Å². The van der Waals surface area contributed by atoms with Crippen molar-refractivity contribution in [1.82, 2.24) is 0 Å². The molecule has 2 heterocycles. The first-order chi connectivity index (χ1) is 30.4. The van der Waals surface area contributed by atoms with Crippen molar-refractivity contribution in [1.29, 1.82) is 21.0 Å². The highest BCUT2D eigenvalue weighted by Crippen LogP contribution is 2.68. The van der Waals surface area contributed by atoms with Crippen LogP contribution in [0.5, 0.6) is 11.5 Å². The maximum Gasteiger partial charge on any atom is 0.311 e. The first kappa shape index (κ1) is 53.3. The van der Waals surface area contributed by atoms with Gasteiger partial charge in [0.25, 0.3) is 0 Å². The summed E-state index contributed by atoms with van der Waals surface area (Å²) in [4.78, 5) is 28.8. The van der Waals surface area contributed by atoms with Crippen LogP contribution in [0.3, 0.4) is 0 Å². The number of carbonyl (C=O) groups excluding carboxylic acids is 2. The lowest BCUT2D eigenvalue weighted by Gasteiger charge is -2.16. The minimum atomic E-state index is -0.408. The highest BCUT2D eigenvalue weighted by Gasteiger charge is 2.40. The van der Waals surface area contributed by atoms with Crippen LogP contribution in [0, 0.1) is 45.3 Å². The predicted octanol–water partition coefficient (Wildman–Crippen LogP) is 16.9. The van der Waals surface area contributed by atoms with Crippen LogP contribution < -0.4 is 9.47 Å². The van der Waals surface area contributed by atoms with Gasteiger partial charge in [-0.05, 0) is 12.8 Å². The van der Waals surface area contributed by atoms with Gasteiger partial charge in [-0.15, -0.1) is 0 Å². The van der Waals surface area contributed by atoms with Gasteiger partial charge in [0.15, 0.2) is 11.5 Å². The summed E-state index contributed by atoms with van der Waals surface area (Å²) >= 11 is 4.56. The number of fused-ring (bicyclic) bond motifs is 2. The summed E-state index contributed by atoms with van der Waals surface area (Å²) in [6, 6.07) is 7.83. The Kier molecular flexibility index (Phi) is 28.8. The molecule has 0 aliphatic carbocycles. The molecule has 2 aliphatic rings. The fourth-order valence-electron chi connectivity index (χ4n) is 7.64.